The maximum atomic E-state index is 12.6. The molecule has 1 N–H and O–H groups in total. The molecule has 0 aliphatic carbocycles. The highest BCUT2D eigenvalue weighted by atomic mass is 16.4. The molecule has 0 aliphatic heterocycles. The second-order valence-corrected chi connectivity index (χ2v) is 6.38. The van der Waals surface area contributed by atoms with E-state index in [0.717, 1.165) is 24.0 Å². The number of carbonyl (C=O) groups is 1. The number of hydrogen-bond donors (Lipinski definition) is 1. The minimum atomic E-state index is -0.0386. The van der Waals surface area contributed by atoms with E-state index in [0.29, 0.717) is 17.3 Å². The number of amides is 1. The predicted octanol–water partition coefficient (Wildman–Crippen LogP) is 4.85. The zero-order chi connectivity index (χ0) is 18.4. The highest BCUT2D eigenvalue weighted by molar-refractivity contribution is 5.79. The molecule has 26 heavy (non-hydrogen) atoms. The van der Waals surface area contributed by atoms with Crippen LogP contribution in [0.25, 0.3) is 11.5 Å². The van der Waals surface area contributed by atoms with Crippen LogP contribution in [0.3, 0.4) is 0 Å². The molecular weight excluding hydrogens is 324 g/mol. The third-order valence-corrected chi connectivity index (χ3v) is 4.36. The molecule has 134 valence electrons. The maximum absolute atomic E-state index is 12.6. The molecule has 1 amide bonds. The quantitative estimate of drug-likeness (QED) is 0.664. The summed E-state index contributed by atoms with van der Waals surface area (Å²) in [5.41, 5.74) is 2.73. The van der Waals surface area contributed by atoms with Crippen molar-refractivity contribution in [2.45, 2.75) is 39.2 Å². The average Bonchev–Trinajstić information content (AvgIpc) is 3.03. The number of benzene rings is 2. The summed E-state index contributed by atoms with van der Waals surface area (Å²) in [5, 5.41) is 3.14. The number of aryl methyl sites for hydroxylation is 1. The van der Waals surface area contributed by atoms with E-state index >= 15 is 0 Å². The smallest absolute Gasteiger partial charge is 0.226 e. The van der Waals surface area contributed by atoms with Crippen LogP contribution in [-0.4, -0.2) is 10.9 Å². The molecule has 0 fully saturated rings. The summed E-state index contributed by atoms with van der Waals surface area (Å²) in [6.45, 7) is 3.97. The van der Waals surface area contributed by atoms with Crippen LogP contribution >= 0.6 is 0 Å². The van der Waals surface area contributed by atoms with Crippen molar-refractivity contribution in [3.05, 3.63) is 77.7 Å². The van der Waals surface area contributed by atoms with Crippen LogP contribution in [0, 0.1) is 6.92 Å². The van der Waals surface area contributed by atoms with Gasteiger partial charge in [-0.1, -0.05) is 61.9 Å². The van der Waals surface area contributed by atoms with Gasteiger partial charge in [0.25, 0.3) is 0 Å². The molecular formula is C22H24N2O2. The molecule has 0 spiro atoms. The van der Waals surface area contributed by atoms with E-state index in [1.54, 1.807) is 0 Å². The topological polar surface area (TPSA) is 55.1 Å². The van der Waals surface area contributed by atoms with Crippen molar-refractivity contribution >= 4 is 5.91 Å². The van der Waals surface area contributed by atoms with Crippen LogP contribution < -0.4 is 5.32 Å². The van der Waals surface area contributed by atoms with E-state index < -0.39 is 0 Å². The molecule has 1 aromatic heterocycles. The lowest BCUT2D eigenvalue weighted by molar-refractivity contribution is -0.121. The summed E-state index contributed by atoms with van der Waals surface area (Å²) >= 11 is 0. The Hall–Kier alpha value is -2.88. The Morgan fingerprint density at radius 2 is 1.73 bits per heavy atom. The van der Waals surface area contributed by atoms with Crippen LogP contribution in [-0.2, 0) is 11.2 Å². The zero-order valence-electron chi connectivity index (χ0n) is 15.2. The number of rotatable bonds is 7. The molecule has 0 bridgehead atoms. The molecule has 0 saturated carbocycles. The summed E-state index contributed by atoms with van der Waals surface area (Å²) in [6, 6.07) is 19.8. The van der Waals surface area contributed by atoms with Gasteiger partial charge >= 0.3 is 0 Å². The molecule has 3 aromatic rings. The number of nitrogens with one attached hydrogen (secondary N) is 1. The van der Waals surface area contributed by atoms with Gasteiger partial charge in [0, 0.05) is 5.56 Å². The Bertz CT molecular complexity index is 841. The molecule has 1 unspecified atom stereocenters. The van der Waals surface area contributed by atoms with Gasteiger partial charge in [0.1, 0.15) is 5.76 Å². The van der Waals surface area contributed by atoms with Crippen molar-refractivity contribution in [3.8, 4) is 11.5 Å². The first-order chi connectivity index (χ1) is 12.7. The molecule has 1 atom stereocenters. The summed E-state index contributed by atoms with van der Waals surface area (Å²) < 4.78 is 5.75. The third kappa shape index (κ3) is 4.39. The largest absolute Gasteiger partial charge is 0.441 e. The number of aromatic nitrogens is 1. The second kappa shape index (κ2) is 8.48. The van der Waals surface area contributed by atoms with Gasteiger partial charge in [0.2, 0.25) is 11.8 Å². The van der Waals surface area contributed by atoms with Gasteiger partial charge in [-0.2, -0.15) is 0 Å². The third-order valence-electron chi connectivity index (χ3n) is 4.36. The lowest BCUT2D eigenvalue weighted by atomic mass is 10.0. The van der Waals surface area contributed by atoms with Crippen LogP contribution in [0.5, 0.6) is 0 Å². The Kier molecular flexibility index (Phi) is 5.84. The summed E-state index contributed by atoms with van der Waals surface area (Å²) in [6.07, 6.45) is 2.12. The Labute approximate surface area is 154 Å². The average molecular weight is 348 g/mol. The highest BCUT2D eigenvalue weighted by Crippen LogP contribution is 2.22. The highest BCUT2D eigenvalue weighted by Gasteiger charge is 2.18. The maximum Gasteiger partial charge on any atom is 0.226 e. The van der Waals surface area contributed by atoms with Gasteiger partial charge < -0.3 is 9.73 Å². The Balaban J connectivity index is 1.70. The van der Waals surface area contributed by atoms with Gasteiger partial charge in [-0.05, 0) is 31.0 Å². The van der Waals surface area contributed by atoms with E-state index in [4.69, 9.17) is 4.42 Å². The van der Waals surface area contributed by atoms with Crippen molar-refractivity contribution in [1.82, 2.24) is 10.3 Å². The SMILES string of the molecule is CCCC(NC(=O)Cc1nc(-c2ccccc2)oc1C)c1ccccc1. The van der Waals surface area contributed by atoms with E-state index in [1.807, 2.05) is 55.5 Å². The second-order valence-electron chi connectivity index (χ2n) is 6.38. The van der Waals surface area contributed by atoms with Crippen molar-refractivity contribution in [3.63, 3.8) is 0 Å². The number of carbonyl (C=O) groups excluding carboxylic acids is 1. The predicted molar refractivity (Wildman–Crippen MR) is 103 cm³/mol. The van der Waals surface area contributed by atoms with Crippen molar-refractivity contribution in [2.24, 2.45) is 0 Å². The Morgan fingerprint density at radius 1 is 1.08 bits per heavy atom. The van der Waals surface area contributed by atoms with Crippen molar-refractivity contribution in [1.29, 1.82) is 0 Å². The molecule has 0 saturated heterocycles. The summed E-state index contributed by atoms with van der Waals surface area (Å²) in [4.78, 5) is 17.1. The first-order valence-electron chi connectivity index (χ1n) is 9.03. The fourth-order valence-corrected chi connectivity index (χ4v) is 2.99. The van der Waals surface area contributed by atoms with E-state index in [-0.39, 0.29) is 18.4 Å². The van der Waals surface area contributed by atoms with Crippen LogP contribution in [0.1, 0.15) is 42.8 Å². The molecule has 3 rings (SSSR count). The standard InChI is InChI=1S/C22H24N2O2/c1-3-10-19(17-11-6-4-7-12-17)23-21(25)15-20-16(2)26-22(24-20)18-13-8-5-9-14-18/h4-9,11-14,19H,3,10,15H2,1-2H3,(H,23,25). The zero-order valence-corrected chi connectivity index (χ0v) is 15.2. The molecule has 4 heteroatoms. The molecule has 4 nitrogen and oxygen atoms in total. The number of nitrogens with zero attached hydrogens (tertiary/aromatic N) is 1. The fraction of sp³-hybridized carbons (Fsp3) is 0.273. The van der Waals surface area contributed by atoms with Gasteiger partial charge in [0.05, 0.1) is 18.2 Å². The lowest BCUT2D eigenvalue weighted by Gasteiger charge is -2.18. The molecule has 1 heterocycles. The van der Waals surface area contributed by atoms with E-state index in [9.17, 15) is 4.79 Å². The van der Waals surface area contributed by atoms with Crippen molar-refractivity contribution < 1.29 is 9.21 Å². The summed E-state index contributed by atoms with van der Waals surface area (Å²) in [5.74, 6) is 1.20. The minimum Gasteiger partial charge on any atom is -0.441 e. The van der Waals surface area contributed by atoms with Gasteiger partial charge in [-0.3, -0.25) is 4.79 Å². The summed E-state index contributed by atoms with van der Waals surface area (Å²) in [7, 11) is 0. The first-order valence-corrected chi connectivity index (χ1v) is 9.03. The minimum absolute atomic E-state index is 0.0227. The fourth-order valence-electron chi connectivity index (χ4n) is 2.99. The number of hydrogen-bond acceptors (Lipinski definition) is 3. The number of oxazole rings is 1. The van der Waals surface area contributed by atoms with Gasteiger partial charge in [0.15, 0.2) is 0 Å². The monoisotopic (exact) mass is 348 g/mol. The molecule has 2 aromatic carbocycles. The van der Waals surface area contributed by atoms with Crippen LogP contribution in [0.2, 0.25) is 0 Å². The Morgan fingerprint density at radius 3 is 2.38 bits per heavy atom. The molecule has 0 aliphatic rings. The van der Waals surface area contributed by atoms with Crippen LogP contribution in [0.15, 0.2) is 65.1 Å². The van der Waals surface area contributed by atoms with Crippen LogP contribution in [0.4, 0.5) is 0 Å². The lowest BCUT2D eigenvalue weighted by Crippen LogP contribution is -2.30. The van der Waals surface area contributed by atoms with Gasteiger partial charge in [-0.15, -0.1) is 0 Å². The normalized spacial score (nSPS) is 11.9. The van der Waals surface area contributed by atoms with E-state index in [2.05, 4.69) is 29.4 Å². The molecule has 0 radical (unpaired) electrons. The van der Waals surface area contributed by atoms with Gasteiger partial charge in [-0.25, -0.2) is 4.98 Å². The van der Waals surface area contributed by atoms with Crippen molar-refractivity contribution in [2.75, 3.05) is 0 Å². The first kappa shape index (κ1) is 17.9. The van der Waals surface area contributed by atoms with E-state index in [1.165, 1.54) is 0 Å².